The van der Waals surface area contributed by atoms with E-state index in [0.29, 0.717) is 18.3 Å². The van der Waals surface area contributed by atoms with E-state index in [2.05, 4.69) is 13.8 Å². The molecule has 0 aromatic heterocycles. The van der Waals surface area contributed by atoms with Crippen molar-refractivity contribution in [2.75, 3.05) is 18.8 Å². The highest BCUT2D eigenvalue weighted by atomic mass is 16.2. The predicted octanol–water partition coefficient (Wildman–Crippen LogP) is 2.71. The maximum Gasteiger partial charge on any atom is 0.222 e. The number of nitrogen functional groups attached to an aromatic ring is 1. The second-order valence-corrected chi connectivity index (χ2v) is 5.99. The first-order chi connectivity index (χ1) is 9.04. The Kier molecular flexibility index (Phi) is 4.46. The van der Waals surface area contributed by atoms with Crippen LogP contribution in [-0.2, 0) is 11.2 Å². The number of piperidine rings is 1. The lowest BCUT2D eigenvalue weighted by molar-refractivity contribution is -0.133. The highest BCUT2D eigenvalue weighted by Gasteiger charge is 2.24. The zero-order chi connectivity index (χ0) is 13.8. The molecular weight excluding hydrogens is 236 g/mol. The van der Waals surface area contributed by atoms with E-state index in [1.165, 1.54) is 12.0 Å². The highest BCUT2D eigenvalue weighted by molar-refractivity contribution is 5.76. The third-order valence-corrected chi connectivity index (χ3v) is 3.83. The Morgan fingerprint density at radius 2 is 1.79 bits per heavy atom. The van der Waals surface area contributed by atoms with Crippen molar-refractivity contribution in [2.45, 2.75) is 33.1 Å². The summed E-state index contributed by atoms with van der Waals surface area (Å²) in [6.45, 7) is 6.31. The minimum absolute atomic E-state index is 0.287. The summed E-state index contributed by atoms with van der Waals surface area (Å²) in [5.74, 6) is 1.55. The molecule has 1 fully saturated rings. The molecule has 1 aromatic rings. The van der Waals surface area contributed by atoms with E-state index in [-0.39, 0.29) is 5.91 Å². The van der Waals surface area contributed by atoms with Crippen molar-refractivity contribution in [1.29, 1.82) is 0 Å². The zero-order valence-electron chi connectivity index (χ0n) is 11.9. The van der Waals surface area contributed by atoms with Crippen molar-refractivity contribution in [3.8, 4) is 0 Å². The monoisotopic (exact) mass is 260 g/mol. The number of aryl methyl sites for hydroxylation is 1. The largest absolute Gasteiger partial charge is 0.399 e. The first kappa shape index (κ1) is 13.9. The summed E-state index contributed by atoms with van der Waals surface area (Å²) in [6, 6.07) is 7.80. The number of carbonyl (C=O) groups excluding carboxylic acids is 1. The van der Waals surface area contributed by atoms with Crippen LogP contribution in [0.3, 0.4) is 0 Å². The molecular formula is C16H24N2O. The van der Waals surface area contributed by atoms with Crippen LogP contribution in [0.2, 0.25) is 0 Å². The topological polar surface area (TPSA) is 46.3 Å². The van der Waals surface area contributed by atoms with Crippen LogP contribution >= 0.6 is 0 Å². The van der Waals surface area contributed by atoms with Gasteiger partial charge < -0.3 is 10.6 Å². The Morgan fingerprint density at radius 1 is 1.21 bits per heavy atom. The Hall–Kier alpha value is -1.51. The Labute approximate surface area is 115 Å². The molecule has 3 heteroatoms. The Balaban J connectivity index is 1.85. The minimum atomic E-state index is 0.287. The summed E-state index contributed by atoms with van der Waals surface area (Å²) < 4.78 is 0. The van der Waals surface area contributed by atoms with Gasteiger partial charge in [-0.2, -0.15) is 0 Å². The van der Waals surface area contributed by atoms with E-state index in [1.807, 2.05) is 29.2 Å². The maximum absolute atomic E-state index is 12.2. The fraction of sp³-hybridized carbons (Fsp3) is 0.562. The summed E-state index contributed by atoms with van der Waals surface area (Å²) in [7, 11) is 0. The lowest BCUT2D eigenvalue weighted by Crippen LogP contribution is -2.42. The molecule has 1 aliphatic heterocycles. The molecule has 2 atom stereocenters. The van der Waals surface area contributed by atoms with Crippen LogP contribution in [0.25, 0.3) is 0 Å². The van der Waals surface area contributed by atoms with Crippen molar-refractivity contribution in [3.05, 3.63) is 29.8 Å². The van der Waals surface area contributed by atoms with Crippen LogP contribution in [0.1, 0.15) is 32.3 Å². The predicted molar refractivity (Wildman–Crippen MR) is 78.7 cm³/mol. The summed E-state index contributed by atoms with van der Waals surface area (Å²) in [5, 5.41) is 0. The van der Waals surface area contributed by atoms with Gasteiger partial charge in [-0.15, -0.1) is 0 Å². The van der Waals surface area contributed by atoms with Gasteiger partial charge in [0.25, 0.3) is 0 Å². The van der Waals surface area contributed by atoms with Crippen LogP contribution in [-0.4, -0.2) is 23.9 Å². The smallest absolute Gasteiger partial charge is 0.222 e. The molecule has 2 N–H and O–H groups in total. The average Bonchev–Trinajstić information content (AvgIpc) is 2.36. The summed E-state index contributed by atoms with van der Waals surface area (Å²) in [5.41, 5.74) is 7.61. The first-order valence-corrected chi connectivity index (χ1v) is 7.17. The molecule has 0 bridgehead atoms. The number of benzene rings is 1. The van der Waals surface area contributed by atoms with Crippen molar-refractivity contribution in [1.82, 2.24) is 4.90 Å². The van der Waals surface area contributed by atoms with E-state index < -0.39 is 0 Å². The van der Waals surface area contributed by atoms with Gasteiger partial charge >= 0.3 is 0 Å². The fourth-order valence-corrected chi connectivity index (χ4v) is 2.96. The van der Waals surface area contributed by atoms with Crippen molar-refractivity contribution in [2.24, 2.45) is 11.8 Å². The standard InChI is InChI=1S/C16H24N2O/c1-12-9-13(2)11-18(10-12)16(19)8-5-14-3-6-15(17)7-4-14/h3-4,6-7,12-13H,5,8-11,17H2,1-2H3. The number of rotatable bonds is 3. The lowest BCUT2D eigenvalue weighted by Gasteiger charge is -2.35. The minimum Gasteiger partial charge on any atom is -0.399 e. The van der Waals surface area contributed by atoms with Crippen LogP contribution in [0.4, 0.5) is 5.69 Å². The summed E-state index contributed by atoms with van der Waals surface area (Å²) >= 11 is 0. The molecule has 1 saturated heterocycles. The quantitative estimate of drug-likeness (QED) is 0.849. The van der Waals surface area contributed by atoms with Gasteiger partial charge in [0, 0.05) is 25.2 Å². The molecule has 0 aliphatic carbocycles. The molecule has 3 nitrogen and oxygen atoms in total. The molecule has 0 radical (unpaired) electrons. The Bertz CT molecular complexity index is 417. The van der Waals surface area contributed by atoms with E-state index in [9.17, 15) is 4.79 Å². The normalized spacial score (nSPS) is 23.4. The van der Waals surface area contributed by atoms with Crippen LogP contribution < -0.4 is 5.73 Å². The molecule has 1 amide bonds. The number of nitrogens with two attached hydrogens (primary N) is 1. The summed E-state index contributed by atoms with van der Waals surface area (Å²) in [4.78, 5) is 14.3. The second-order valence-electron chi connectivity index (χ2n) is 5.99. The molecule has 0 spiro atoms. The Morgan fingerprint density at radius 3 is 2.37 bits per heavy atom. The van der Waals surface area contributed by atoms with E-state index in [0.717, 1.165) is 25.2 Å². The average molecular weight is 260 g/mol. The van der Waals surface area contributed by atoms with Gasteiger partial charge in [0.05, 0.1) is 0 Å². The van der Waals surface area contributed by atoms with Crippen LogP contribution in [0.5, 0.6) is 0 Å². The zero-order valence-corrected chi connectivity index (χ0v) is 11.9. The molecule has 2 unspecified atom stereocenters. The van der Waals surface area contributed by atoms with E-state index >= 15 is 0 Å². The number of anilines is 1. The van der Waals surface area contributed by atoms with Gasteiger partial charge in [0.1, 0.15) is 0 Å². The SMILES string of the molecule is CC1CC(C)CN(C(=O)CCc2ccc(N)cc2)C1. The molecule has 19 heavy (non-hydrogen) atoms. The molecule has 2 rings (SSSR count). The highest BCUT2D eigenvalue weighted by Crippen LogP contribution is 2.21. The number of amides is 1. The molecule has 104 valence electrons. The summed E-state index contributed by atoms with van der Waals surface area (Å²) in [6.07, 6.45) is 2.64. The van der Waals surface area contributed by atoms with Gasteiger partial charge in [0.15, 0.2) is 0 Å². The van der Waals surface area contributed by atoms with Crippen molar-refractivity contribution in [3.63, 3.8) is 0 Å². The van der Waals surface area contributed by atoms with Gasteiger partial charge in [-0.3, -0.25) is 4.79 Å². The number of hydrogen-bond donors (Lipinski definition) is 1. The number of likely N-dealkylation sites (tertiary alicyclic amines) is 1. The molecule has 1 aliphatic rings. The van der Waals surface area contributed by atoms with Crippen molar-refractivity contribution >= 4 is 11.6 Å². The number of carbonyl (C=O) groups is 1. The van der Waals surface area contributed by atoms with Gasteiger partial charge in [-0.1, -0.05) is 26.0 Å². The van der Waals surface area contributed by atoms with Crippen LogP contribution in [0.15, 0.2) is 24.3 Å². The number of hydrogen-bond acceptors (Lipinski definition) is 2. The lowest BCUT2D eigenvalue weighted by atomic mass is 9.91. The molecule has 1 heterocycles. The molecule has 0 saturated carbocycles. The van der Waals surface area contributed by atoms with Gasteiger partial charge in [-0.25, -0.2) is 0 Å². The van der Waals surface area contributed by atoms with Crippen molar-refractivity contribution < 1.29 is 4.79 Å². The maximum atomic E-state index is 12.2. The molecule has 1 aromatic carbocycles. The van der Waals surface area contributed by atoms with Gasteiger partial charge in [-0.05, 0) is 42.4 Å². The fourth-order valence-electron chi connectivity index (χ4n) is 2.96. The third kappa shape index (κ3) is 3.98. The second kappa shape index (κ2) is 6.09. The van der Waals surface area contributed by atoms with Gasteiger partial charge in [0.2, 0.25) is 5.91 Å². The van der Waals surface area contributed by atoms with E-state index in [1.54, 1.807) is 0 Å². The first-order valence-electron chi connectivity index (χ1n) is 7.17. The number of nitrogens with zero attached hydrogens (tertiary/aromatic N) is 1. The van der Waals surface area contributed by atoms with E-state index in [4.69, 9.17) is 5.73 Å². The third-order valence-electron chi connectivity index (χ3n) is 3.83. The van der Waals surface area contributed by atoms with Crippen LogP contribution in [0, 0.1) is 11.8 Å².